The lowest BCUT2D eigenvalue weighted by atomic mass is 10.0. The third-order valence-corrected chi connectivity index (χ3v) is 7.52. The van der Waals surface area contributed by atoms with Gasteiger partial charge in [0.05, 0.1) is 35.4 Å². The first-order valence-corrected chi connectivity index (χ1v) is 14.0. The quantitative estimate of drug-likeness (QED) is 0.133. The van der Waals surface area contributed by atoms with E-state index in [0.717, 1.165) is 37.4 Å². The smallest absolute Gasteiger partial charge is 0.336 e. The number of ether oxygens (including phenoxy) is 1. The molecule has 3 rings (SSSR count). The number of aromatic carboxylic acids is 2. The molecule has 0 aromatic heterocycles. The van der Waals surface area contributed by atoms with Crippen molar-refractivity contribution >= 4 is 41.1 Å². The number of carbonyl (C=O) groups excluding carboxylic acids is 2. The van der Waals surface area contributed by atoms with Crippen LogP contribution in [0.4, 0.5) is 5.69 Å². The highest BCUT2D eigenvalue weighted by Crippen LogP contribution is 2.36. The zero-order valence-corrected chi connectivity index (χ0v) is 23.3. The molecule has 8 nitrogen and oxygen atoms in total. The Morgan fingerprint density at radius 1 is 0.875 bits per heavy atom. The Morgan fingerprint density at radius 2 is 1.57 bits per heavy atom. The number of benzene rings is 3. The number of hydrogen-bond donors (Lipinski definition) is 3. The number of anilines is 1. The van der Waals surface area contributed by atoms with Gasteiger partial charge in [0.1, 0.15) is 5.75 Å². The average Bonchev–Trinajstić information content (AvgIpc) is 2.94. The monoisotopic (exact) mass is 563 g/mol. The third-order valence-electron chi connectivity index (χ3n) is 6.36. The molecule has 0 heterocycles. The van der Waals surface area contributed by atoms with Crippen molar-refractivity contribution in [2.75, 3.05) is 11.9 Å². The van der Waals surface area contributed by atoms with Gasteiger partial charge < -0.3 is 20.3 Å². The fraction of sp³-hybridized carbons (Fsp3) is 0.290. The predicted molar refractivity (Wildman–Crippen MR) is 154 cm³/mol. The molecule has 1 atom stereocenters. The van der Waals surface area contributed by atoms with Crippen molar-refractivity contribution in [3.63, 3.8) is 0 Å². The molecule has 9 heteroatoms. The molecule has 0 saturated heterocycles. The fourth-order valence-corrected chi connectivity index (χ4v) is 5.07. The minimum Gasteiger partial charge on any atom is -0.493 e. The highest BCUT2D eigenvalue weighted by Gasteiger charge is 2.20. The Kier molecular flexibility index (Phi) is 11.3. The molecular weight excluding hydrogens is 530 g/mol. The Balaban J connectivity index is 1.78. The number of para-hydroxylation sites is 1. The topological polar surface area (TPSA) is 130 Å². The van der Waals surface area contributed by atoms with Gasteiger partial charge in [0.2, 0.25) is 5.91 Å². The average molecular weight is 564 g/mol. The van der Waals surface area contributed by atoms with E-state index in [2.05, 4.69) is 19.2 Å². The van der Waals surface area contributed by atoms with E-state index in [-0.39, 0.29) is 16.8 Å². The number of ketones is 1. The van der Waals surface area contributed by atoms with E-state index in [9.17, 15) is 29.4 Å². The molecule has 3 aromatic carbocycles. The maximum atomic E-state index is 13.1. The summed E-state index contributed by atoms with van der Waals surface area (Å²) in [5, 5.41) is 21.6. The summed E-state index contributed by atoms with van der Waals surface area (Å²) in [4.78, 5) is 50.2. The lowest BCUT2D eigenvalue weighted by molar-refractivity contribution is -0.115. The standard InChI is InChI=1S/C31H33NO7S/c1-3-5-10-20(4-2)19-39-26-13-8-6-11-22(26)25(33)18-29(34)32-24-17-21(30(35)36)15-16-28(24)40-27-14-9-7-12-23(27)31(37)38/h6-9,11-17,20H,3-5,10,18-19H2,1-2H3,(H,32,34)(H,35,36)(H,37,38)/t20-/m1/s1. The summed E-state index contributed by atoms with van der Waals surface area (Å²) in [7, 11) is 0. The van der Waals surface area contributed by atoms with Crippen LogP contribution in [-0.4, -0.2) is 40.4 Å². The summed E-state index contributed by atoms with van der Waals surface area (Å²) in [6.07, 6.45) is 3.72. The molecule has 3 N–H and O–H groups in total. The van der Waals surface area contributed by atoms with Gasteiger partial charge in [-0.15, -0.1) is 0 Å². The molecule has 0 aliphatic rings. The van der Waals surface area contributed by atoms with Gasteiger partial charge in [0.15, 0.2) is 5.78 Å². The summed E-state index contributed by atoms with van der Waals surface area (Å²) in [5.41, 5.74) is 0.463. The van der Waals surface area contributed by atoms with E-state index in [0.29, 0.717) is 33.6 Å². The summed E-state index contributed by atoms with van der Waals surface area (Å²) in [6, 6.07) is 17.3. The number of amides is 1. The molecule has 0 unspecified atom stereocenters. The maximum Gasteiger partial charge on any atom is 0.336 e. The van der Waals surface area contributed by atoms with Crippen molar-refractivity contribution in [2.45, 2.75) is 55.7 Å². The van der Waals surface area contributed by atoms with Crippen molar-refractivity contribution in [3.05, 3.63) is 83.4 Å². The highest BCUT2D eigenvalue weighted by atomic mass is 32.2. The van der Waals surface area contributed by atoms with Crippen LogP contribution in [0.2, 0.25) is 0 Å². The van der Waals surface area contributed by atoms with E-state index in [4.69, 9.17) is 4.74 Å². The van der Waals surface area contributed by atoms with Crippen LogP contribution in [0.5, 0.6) is 5.75 Å². The zero-order valence-electron chi connectivity index (χ0n) is 22.5. The fourth-order valence-electron chi connectivity index (χ4n) is 4.06. The van der Waals surface area contributed by atoms with Crippen LogP contribution in [0.3, 0.4) is 0 Å². The molecular formula is C31H33NO7S. The summed E-state index contributed by atoms with van der Waals surface area (Å²) in [6.45, 7) is 4.73. The van der Waals surface area contributed by atoms with E-state index in [1.165, 1.54) is 24.3 Å². The van der Waals surface area contributed by atoms with Crippen molar-refractivity contribution in [1.82, 2.24) is 0 Å². The van der Waals surface area contributed by atoms with Gasteiger partial charge in [-0.1, -0.05) is 69.1 Å². The van der Waals surface area contributed by atoms with Crippen LogP contribution in [0.25, 0.3) is 0 Å². The molecule has 0 spiro atoms. The first-order chi connectivity index (χ1) is 19.2. The van der Waals surface area contributed by atoms with Gasteiger partial charge in [-0.25, -0.2) is 9.59 Å². The van der Waals surface area contributed by atoms with Gasteiger partial charge in [0, 0.05) is 9.79 Å². The van der Waals surface area contributed by atoms with E-state index in [1.54, 1.807) is 42.5 Å². The lowest BCUT2D eigenvalue weighted by Crippen LogP contribution is -2.18. The number of nitrogens with one attached hydrogen (secondary N) is 1. The Labute approximate surface area is 237 Å². The van der Waals surface area contributed by atoms with Crippen molar-refractivity contribution in [2.24, 2.45) is 5.92 Å². The Hall–Kier alpha value is -4.11. The Morgan fingerprint density at radius 3 is 2.25 bits per heavy atom. The van der Waals surface area contributed by atoms with Crippen LogP contribution in [0, 0.1) is 5.92 Å². The van der Waals surface area contributed by atoms with Crippen molar-refractivity contribution in [3.8, 4) is 5.75 Å². The van der Waals surface area contributed by atoms with Gasteiger partial charge in [0.25, 0.3) is 0 Å². The first-order valence-electron chi connectivity index (χ1n) is 13.2. The maximum absolute atomic E-state index is 13.1. The van der Waals surface area contributed by atoms with Crippen LogP contribution in [-0.2, 0) is 4.79 Å². The van der Waals surface area contributed by atoms with Crippen molar-refractivity contribution < 1.29 is 34.1 Å². The van der Waals surface area contributed by atoms with Gasteiger partial charge in [-0.3, -0.25) is 9.59 Å². The molecule has 0 bridgehead atoms. The zero-order chi connectivity index (χ0) is 29.1. The van der Waals surface area contributed by atoms with E-state index in [1.807, 2.05) is 0 Å². The highest BCUT2D eigenvalue weighted by molar-refractivity contribution is 7.99. The number of unbranched alkanes of at least 4 members (excludes halogenated alkanes) is 1. The second-order valence-corrected chi connectivity index (χ2v) is 10.4. The van der Waals surface area contributed by atoms with Crippen LogP contribution < -0.4 is 10.1 Å². The molecule has 0 saturated carbocycles. The van der Waals surface area contributed by atoms with Crippen molar-refractivity contribution in [1.29, 1.82) is 0 Å². The molecule has 0 aliphatic heterocycles. The van der Waals surface area contributed by atoms with Gasteiger partial charge >= 0.3 is 11.9 Å². The summed E-state index contributed by atoms with van der Waals surface area (Å²) >= 11 is 1.07. The second-order valence-electron chi connectivity index (χ2n) is 9.29. The first kappa shape index (κ1) is 30.4. The summed E-state index contributed by atoms with van der Waals surface area (Å²) in [5.74, 6) is -2.58. The number of hydrogen-bond acceptors (Lipinski definition) is 6. The van der Waals surface area contributed by atoms with E-state index < -0.39 is 30.0 Å². The SMILES string of the molecule is CCCC[C@@H](CC)COc1ccccc1C(=O)CC(=O)Nc1cc(C(=O)O)ccc1Sc1ccccc1C(=O)O. The van der Waals surface area contributed by atoms with Crippen LogP contribution >= 0.6 is 11.8 Å². The van der Waals surface area contributed by atoms with Gasteiger partial charge in [-0.2, -0.15) is 0 Å². The summed E-state index contributed by atoms with van der Waals surface area (Å²) < 4.78 is 6.00. The molecule has 0 aliphatic carbocycles. The minimum absolute atomic E-state index is 0.0650. The number of Topliss-reactive ketones (excluding diaryl/α,β-unsaturated/α-hetero) is 1. The van der Waals surface area contributed by atoms with Crippen LogP contribution in [0.15, 0.2) is 76.5 Å². The number of carboxylic acid groups (broad SMARTS) is 2. The van der Waals surface area contributed by atoms with Gasteiger partial charge in [-0.05, 0) is 54.8 Å². The number of carboxylic acids is 2. The molecule has 3 aromatic rings. The molecule has 0 radical (unpaired) electrons. The lowest BCUT2D eigenvalue weighted by Gasteiger charge is -2.17. The van der Waals surface area contributed by atoms with Crippen LogP contribution in [0.1, 0.15) is 77.0 Å². The number of carbonyl (C=O) groups is 4. The van der Waals surface area contributed by atoms with E-state index >= 15 is 0 Å². The molecule has 210 valence electrons. The third kappa shape index (κ3) is 8.44. The molecule has 40 heavy (non-hydrogen) atoms. The second kappa shape index (κ2) is 14.9. The minimum atomic E-state index is -1.19. The molecule has 1 amide bonds. The Bertz CT molecular complexity index is 1370. The molecule has 0 fully saturated rings. The predicted octanol–water partition coefficient (Wildman–Crippen LogP) is 7.04. The normalized spacial score (nSPS) is 11.4. The number of rotatable bonds is 15. The largest absolute Gasteiger partial charge is 0.493 e.